The Bertz CT molecular complexity index is 1220. The Morgan fingerprint density at radius 3 is 2.69 bits per heavy atom. The minimum absolute atomic E-state index is 0.0635. The molecule has 0 saturated heterocycles. The standard InChI is InChI=1S/C28H33BrN4O2/c1-17(2)24-23(16-21-20-15-19(29)9-10-22(20)32-27(21)34)31-26(18(3)4)25(24)28(35)30-11-8-14-33-12-6-5-7-13-33/h5-7,9-10,12,15-18,31H,8,11,13-14H2,1-4H3,(H,30,35)(H,32,34). The molecule has 0 spiro atoms. The van der Waals surface area contributed by atoms with Crippen LogP contribution in [-0.2, 0) is 4.79 Å². The SMILES string of the molecule is CC(C)c1[nH]c(C=C2C(=O)Nc3ccc(Br)cc32)c(C(C)C)c1C(=O)NCCCN1C=CC=CC1. The number of aromatic nitrogens is 1. The minimum Gasteiger partial charge on any atom is -0.374 e. The molecule has 2 aliphatic heterocycles. The zero-order valence-corrected chi connectivity index (χ0v) is 22.3. The fourth-order valence-corrected chi connectivity index (χ4v) is 5.00. The number of anilines is 1. The lowest BCUT2D eigenvalue weighted by atomic mass is 9.93. The van der Waals surface area contributed by atoms with E-state index >= 15 is 0 Å². The summed E-state index contributed by atoms with van der Waals surface area (Å²) in [6, 6.07) is 5.75. The van der Waals surface area contributed by atoms with Gasteiger partial charge in [-0.1, -0.05) is 55.8 Å². The number of fused-ring (bicyclic) bond motifs is 1. The van der Waals surface area contributed by atoms with Crippen molar-refractivity contribution in [2.75, 3.05) is 25.0 Å². The van der Waals surface area contributed by atoms with Crippen molar-refractivity contribution >= 4 is 45.1 Å². The summed E-state index contributed by atoms with van der Waals surface area (Å²) in [4.78, 5) is 31.9. The fraction of sp³-hybridized carbons (Fsp3) is 0.357. The molecule has 4 rings (SSSR count). The van der Waals surface area contributed by atoms with Crippen molar-refractivity contribution in [1.82, 2.24) is 15.2 Å². The molecule has 7 heteroatoms. The van der Waals surface area contributed by atoms with Crippen molar-refractivity contribution in [2.24, 2.45) is 0 Å². The molecule has 6 nitrogen and oxygen atoms in total. The molecule has 0 bridgehead atoms. The number of rotatable bonds is 8. The van der Waals surface area contributed by atoms with Crippen LogP contribution in [0.15, 0.2) is 47.1 Å². The van der Waals surface area contributed by atoms with Crippen molar-refractivity contribution in [3.8, 4) is 0 Å². The van der Waals surface area contributed by atoms with E-state index in [0.29, 0.717) is 17.7 Å². The number of hydrogen-bond acceptors (Lipinski definition) is 3. The third-order valence-electron chi connectivity index (χ3n) is 6.32. The number of nitrogens with one attached hydrogen (secondary N) is 3. The molecule has 1 aromatic carbocycles. The number of hydrogen-bond donors (Lipinski definition) is 3. The summed E-state index contributed by atoms with van der Waals surface area (Å²) in [5.41, 5.74) is 5.60. The van der Waals surface area contributed by atoms with Gasteiger partial charge in [0.05, 0.1) is 11.1 Å². The van der Waals surface area contributed by atoms with Gasteiger partial charge in [-0.2, -0.15) is 0 Å². The van der Waals surface area contributed by atoms with Crippen LogP contribution in [0, 0.1) is 0 Å². The first kappa shape index (κ1) is 25.0. The molecule has 0 saturated carbocycles. The van der Waals surface area contributed by atoms with E-state index in [0.717, 1.165) is 52.2 Å². The van der Waals surface area contributed by atoms with Crippen LogP contribution in [0.5, 0.6) is 0 Å². The molecule has 0 aliphatic carbocycles. The second-order valence-corrected chi connectivity index (χ2v) is 10.5. The maximum absolute atomic E-state index is 13.4. The van der Waals surface area contributed by atoms with E-state index in [1.54, 1.807) is 0 Å². The van der Waals surface area contributed by atoms with Crippen LogP contribution in [0.2, 0.25) is 0 Å². The smallest absolute Gasteiger partial charge is 0.256 e. The number of aromatic amines is 1. The summed E-state index contributed by atoms with van der Waals surface area (Å²) >= 11 is 3.51. The van der Waals surface area contributed by atoms with Gasteiger partial charge in [0, 0.05) is 46.7 Å². The van der Waals surface area contributed by atoms with Crippen molar-refractivity contribution in [3.05, 3.63) is 75.2 Å². The highest BCUT2D eigenvalue weighted by molar-refractivity contribution is 9.10. The summed E-state index contributed by atoms with van der Waals surface area (Å²) in [6.45, 7) is 10.7. The fourth-order valence-electron chi connectivity index (χ4n) is 4.64. The van der Waals surface area contributed by atoms with E-state index in [1.807, 2.05) is 36.4 Å². The van der Waals surface area contributed by atoms with Gasteiger partial charge in [0.25, 0.3) is 11.8 Å². The van der Waals surface area contributed by atoms with Gasteiger partial charge in [-0.3, -0.25) is 9.59 Å². The molecule has 2 amide bonds. The molecule has 3 N–H and O–H groups in total. The van der Waals surface area contributed by atoms with Crippen LogP contribution in [0.3, 0.4) is 0 Å². The van der Waals surface area contributed by atoms with Crippen LogP contribution in [0.25, 0.3) is 11.6 Å². The van der Waals surface area contributed by atoms with Gasteiger partial charge in [0.2, 0.25) is 0 Å². The number of nitrogens with zero attached hydrogens (tertiary/aromatic N) is 1. The van der Waals surface area contributed by atoms with Crippen LogP contribution in [0.4, 0.5) is 5.69 Å². The van der Waals surface area contributed by atoms with Gasteiger partial charge < -0.3 is 20.5 Å². The number of amides is 2. The van der Waals surface area contributed by atoms with Crippen molar-refractivity contribution in [3.63, 3.8) is 0 Å². The molecule has 2 aliphatic rings. The lowest BCUT2D eigenvalue weighted by Gasteiger charge is -2.20. The topological polar surface area (TPSA) is 77.2 Å². The average Bonchev–Trinajstić information content (AvgIpc) is 3.35. The number of carbonyl (C=O) groups excluding carboxylic acids is 2. The van der Waals surface area contributed by atoms with Crippen molar-refractivity contribution < 1.29 is 9.59 Å². The number of benzene rings is 1. The molecular formula is C28H33BrN4O2. The van der Waals surface area contributed by atoms with Crippen LogP contribution in [0.1, 0.15) is 78.8 Å². The van der Waals surface area contributed by atoms with Crippen LogP contribution in [-0.4, -0.2) is 41.3 Å². The normalized spacial score (nSPS) is 15.9. The Kier molecular flexibility index (Phi) is 7.65. The van der Waals surface area contributed by atoms with E-state index < -0.39 is 0 Å². The Morgan fingerprint density at radius 2 is 2.00 bits per heavy atom. The zero-order chi connectivity index (χ0) is 25.1. The first-order valence-electron chi connectivity index (χ1n) is 12.2. The zero-order valence-electron chi connectivity index (χ0n) is 20.7. The maximum Gasteiger partial charge on any atom is 0.256 e. The predicted molar refractivity (Wildman–Crippen MR) is 146 cm³/mol. The second-order valence-electron chi connectivity index (χ2n) is 9.63. The van der Waals surface area contributed by atoms with E-state index in [2.05, 4.69) is 76.4 Å². The third-order valence-corrected chi connectivity index (χ3v) is 6.82. The molecule has 2 aromatic rings. The predicted octanol–water partition coefficient (Wildman–Crippen LogP) is 6.02. The Labute approximate surface area is 215 Å². The Hall–Kier alpha value is -3.06. The molecule has 184 valence electrons. The van der Waals surface area contributed by atoms with E-state index in [4.69, 9.17) is 0 Å². The number of halogens is 1. The van der Waals surface area contributed by atoms with Gasteiger partial charge in [-0.05, 0) is 60.4 Å². The molecule has 0 atom stereocenters. The minimum atomic E-state index is -0.138. The second kappa shape index (κ2) is 10.7. The maximum atomic E-state index is 13.4. The van der Waals surface area contributed by atoms with E-state index in [1.165, 1.54) is 0 Å². The van der Waals surface area contributed by atoms with Crippen LogP contribution < -0.4 is 10.6 Å². The molecular weight excluding hydrogens is 504 g/mol. The Morgan fingerprint density at radius 1 is 1.20 bits per heavy atom. The summed E-state index contributed by atoms with van der Waals surface area (Å²) in [6.07, 6.45) is 11.0. The highest BCUT2D eigenvalue weighted by atomic mass is 79.9. The van der Waals surface area contributed by atoms with E-state index in [9.17, 15) is 9.59 Å². The molecule has 0 unspecified atom stereocenters. The quantitative estimate of drug-likeness (QED) is 0.285. The van der Waals surface area contributed by atoms with Gasteiger partial charge in [-0.15, -0.1) is 0 Å². The van der Waals surface area contributed by atoms with Gasteiger partial charge in [0.1, 0.15) is 0 Å². The first-order valence-corrected chi connectivity index (χ1v) is 13.0. The summed E-state index contributed by atoms with van der Waals surface area (Å²) in [5, 5.41) is 6.07. The van der Waals surface area contributed by atoms with Gasteiger partial charge in [-0.25, -0.2) is 0 Å². The van der Waals surface area contributed by atoms with Gasteiger partial charge in [0.15, 0.2) is 0 Å². The van der Waals surface area contributed by atoms with Crippen molar-refractivity contribution in [2.45, 2.75) is 46.0 Å². The third kappa shape index (κ3) is 5.45. The molecule has 0 fully saturated rings. The summed E-state index contributed by atoms with van der Waals surface area (Å²) in [7, 11) is 0. The van der Waals surface area contributed by atoms with Gasteiger partial charge >= 0.3 is 0 Å². The molecule has 3 heterocycles. The molecule has 0 radical (unpaired) electrons. The highest BCUT2D eigenvalue weighted by Gasteiger charge is 2.29. The largest absolute Gasteiger partial charge is 0.374 e. The summed E-state index contributed by atoms with van der Waals surface area (Å²) in [5.74, 6) is 0.0279. The number of H-pyrrole nitrogens is 1. The average molecular weight is 538 g/mol. The highest BCUT2D eigenvalue weighted by Crippen LogP contribution is 2.38. The molecule has 35 heavy (non-hydrogen) atoms. The Balaban J connectivity index is 1.62. The van der Waals surface area contributed by atoms with Crippen molar-refractivity contribution in [1.29, 1.82) is 0 Å². The van der Waals surface area contributed by atoms with E-state index in [-0.39, 0.29) is 23.7 Å². The lowest BCUT2D eigenvalue weighted by molar-refractivity contribution is -0.110. The first-order chi connectivity index (χ1) is 16.8. The number of carbonyl (C=O) groups is 2. The lowest BCUT2D eigenvalue weighted by Crippen LogP contribution is -2.29. The monoisotopic (exact) mass is 536 g/mol. The number of allylic oxidation sites excluding steroid dienone is 2. The van der Waals surface area contributed by atoms with Crippen LogP contribution >= 0.6 is 15.9 Å². The molecule has 1 aromatic heterocycles. The summed E-state index contributed by atoms with van der Waals surface area (Å²) < 4.78 is 0.910.